The molecule has 2 heterocycles. The standard InChI is InChI=1S/C11H13IN4/c1-16-8-10(11(12)15-16)7-14-6-9-2-4-13-5-3-9/h2-5,8,14H,6-7H2,1H3. The summed E-state index contributed by atoms with van der Waals surface area (Å²) in [5.41, 5.74) is 2.48. The molecule has 0 saturated carbocycles. The second-order valence-electron chi connectivity index (χ2n) is 3.58. The van der Waals surface area contributed by atoms with Gasteiger partial charge in [-0.25, -0.2) is 0 Å². The molecule has 4 nitrogen and oxygen atoms in total. The predicted octanol–water partition coefficient (Wildman–Crippen LogP) is 1.71. The minimum atomic E-state index is 0.842. The molecule has 0 saturated heterocycles. The molecule has 2 aromatic heterocycles. The van der Waals surface area contributed by atoms with Gasteiger partial charge >= 0.3 is 0 Å². The summed E-state index contributed by atoms with van der Waals surface area (Å²) in [6.07, 6.45) is 5.66. The van der Waals surface area contributed by atoms with Crippen molar-refractivity contribution in [3.8, 4) is 0 Å². The van der Waals surface area contributed by atoms with Gasteiger partial charge in [0.2, 0.25) is 0 Å². The molecule has 0 aliphatic carbocycles. The molecule has 0 unspecified atom stereocenters. The number of aromatic nitrogens is 3. The number of halogens is 1. The lowest BCUT2D eigenvalue weighted by Gasteiger charge is -2.02. The fourth-order valence-corrected chi connectivity index (χ4v) is 2.14. The topological polar surface area (TPSA) is 42.7 Å². The summed E-state index contributed by atoms with van der Waals surface area (Å²) in [5.74, 6) is 0. The van der Waals surface area contributed by atoms with Gasteiger partial charge in [0.1, 0.15) is 3.70 Å². The summed E-state index contributed by atoms with van der Waals surface area (Å²) in [7, 11) is 1.94. The average molecular weight is 328 g/mol. The lowest BCUT2D eigenvalue weighted by molar-refractivity contribution is 0.690. The van der Waals surface area contributed by atoms with Crippen LogP contribution in [0.15, 0.2) is 30.7 Å². The lowest BCUT2D eigenvalue weighted by atomic mass is 10.2. The zero-order valence-electron chi connectivity index (χ0n) is 9.02. The van der Waals surface area contributed by atoms with Gasteiger partial charge in [-0.15, -0.1) is 0 Å². The van der Waals surface area contributed by atoms with Crippen LogP contribution >= 0.6 is 22.6 Å². The molecule has 16 heavy (non-hydrogen) atoms. The van der Waals surface area contributed by atoms with Crippen LogP contribution in [-0.2, 0) is 20.1 Å². The minimum Gasteiger partial charge on any atom is -0.308 e. The van der Waals surface area contributed by atoms with E-state index >= 15 is 0 Å². The Labute approximate surface area is 108 Å². The number of aryl methyl sites for hydroxylation is 1. The Morgan fingerprint density at radius 1 is 1.31 bits per heavy atom. The van der Waals surface area contributed by atoms with E-state index in [0.717, 1.165) is 16.8 Å². The van der Waals surface area contributed by atoms with Crippen LogP contribution in [0.25, 0.3) is 0 Å². The molecule has 0 amide bonds. The maximum atomic E-state index is 4.29. The highest BCUT2D eigenvalue weighted by atomic mass is 127. The van der Waals surface area contributed by atoms with Gasteiger partial charge in [0.05, 0.1) is 0 Å². The first-order valence-electron chi connectivity index (χ1n) is 5.03. The molecule has 2 aromatic rings. The molecule has 0 bridgehead atoms. The normalized spacial score (nSPS) is 10.6. The maximum absolute atomic E-state index is 4.29. The van der Waals surface area contributed by atoms with Crippen molar-refractivity contribution in [2.24, 2.45) is 7.05 Å². The van der Waals surface area contributed by atoms with Crippen molar-refractivity contribution in [2.45, 2.75) is 13.1 Å². The van der Waals surface area contributed by atoms with E-state index in [-0.39, 0.29) is 0 Å². The van der Waals surface area contributed by atoms with E-state index in [0.29, 0.717) is 0 Å². The third-order valence-corrected chi connectivity index (χ3v) is 3.16. The highest BCUT2D eigenvalue weighted by Crippen LogP contribution is 2.08. The van der Waals surface area contributed by atoms with Crippen LogP contribution in [0.4, 0.5) is 0 Å². The van der Waals surface area contributed by atoms with Crippen LogP contribution in [0.2, 0.25) is 0 Å². The lowest BCUT2D eigenvalue weighted by Crippen LogP contribution is -2.12. The molecular formula is C11H13IN4. The van der Waals surface area contributed by atoms with E-state index in [2.05, 4.69) is 38.0 Å². The largest absolute Gasteiger partial charge is 0.308 e. The smallest absolute Gasteiger partial charge is 0.127 e. The number of rotatable bonds is 4. The fraction of sp³-hybridized carbons (Fsp3) is 0.273. The highest BCUT2D eigenvalue weighted by molar-refractivity contribution is 14.1. The first-order valence-corrected chi connectivity index (χ1v) is 6.11. The van der Waals surface area contributed by atoms with Crippen LogP contribution in [0.5, 0.6) is 0 Å². The van der Waals surface area contributed by atoms with Crippen molar-refractivity contribution in [1.82, 2.24) is 20.1 Å². The Kier molecular flexibility index (Phi) is 3.89. The third kappa shape index (κ3) is 3.02. The molecule has 0 fully saturated rings. The van der Waals surface area contributed by atoms with Gasteiger partial charge in [-0.2, -0.15) is 5.10 Å². The molecule has 0 aliphatic heterocycles. The van der Waals surface area contributed by atoms with Crippen LogP contribution in [-0.4, -0.2) is 14.8 Å². The van der Waals surface area contributed by atoms with Crippen molar-refractivity contribution >= 4 is 22.6 Å². The predicted molar refractivity (Wildman–Crippen MR) is 70.7 cm³/mol. The van der Waals surface area contributed by atoms with Gasteiger partial charge < -0.3 is 5.32 Å². The molecule has 0 aliphatic rings. The van der Waals surface area contributed by atoms with Crippen molar-refractivity contribution in [1.29, 1.82) is 0 Å². The summed E-state index contributed by atoms with van der Waals surface area (Å²) in [6.45, 7) is 1.70. The summed E-state index contributed by atoms with van der Waals surface area (Å²) in [5, 5.41) is 7.68. The quantitative estimate of drug-likeness (QED) is 0.869. The Hall–Kier alpha value is -0.950. The van der Waals surface area contributed by atoms with Gasteiger partial charge in [0.15, 0.2) is 0 Å². The number of hydrogen-bond acceptors (Lipinski definition) is 3. The number of pyridine rings is 1. The van der Waals surface area contributed by atoms with Gasteiger partial charge in [0, 0.05) is 44.3 Å². The van der Waals surface area contributed by atoms with E-state index in [1.54, 1.807) is 0 Å². The van der Waals surface area contributed by atoms with Crippen molar-refractivity contribution in [3.05, 3.63) is 45.6 Å². The summed E-state index contributed by atoms with van der Waals surface area (Å²) < 4.78 is 2.90. The van der Waals surface area contributed by atoms with Gasteiger partial charge in [-0.1, -0.05) is 0 Å². The van der Waals surface area contributed by atoms with Crippen molar-refractivity contribution in [3.63, 3.8) is 0 Å². The first kappa shape index (κ1) is 11.5. The van der Waals surface area contributed by atoms with Crippen LogP contribution < -0.4 is 5.32 Å². The van der Waals surface area contributed by atoms with Crippen molar-refractivity contribution < 1.29 is 0 Å². The van der Waals surface area contributed by atoms with E-state index < -0.39 is 0 Å². The molecule has 0 spiro atoms. The minimum absolute atomic E-state index is 0.842. The van der Waals surface area contributed by atoms with Crippen LogP contribution in [0, 0.1) is 3.70 Å². The third-order valence-electron chi connectivity index (χ3n) is 2.25. The Morgan fingerprint density at radius 3 is 2.69 bits per heavy atom. The summed E-state index contributed by atoms with van der Waals surface area (Å²) in [6, 6.07) is 4.03. The Bertz CT molecular complexity index is 452. The highest BCUT2D eigenvalue weighted by Gasteiger charge is 2.03. The maximum Gasteiger partial charge on any atom is 0.127 e. The second-order valence-corrected chi connectivity index (χ2v) is 4.60. The number of hydrogen-bond donors (Lipinski definition) is 1. The molecule has 1 N–H and O–H groups in total. The molecule has 0 radical (unpaired) electrons. The van der Waals surface area contributed by atoms with E-state index in [4.69, 9.17) is 0 Å². The SMILES string of the molecule is Cn1cc(CNCc2ccncc2)c(I)n1. The van der Waals surface area contributed by atoms with Crippen molar-refractivity contribution in [2.75, 3.05) is 0 Å². The van der Waals surface area contributed by atoms with Crippen LogP contribution in [0.3, 0.4) is 0 Å². The molecule has 84 valence electrons. The second kappa shape index (κ2) is 5.40. The zero-order chi connectivity index (χ0) is 11.4. The Balaban J connectivity index is 1.87. The molecule has 5 heteroatoms. The Morgan fingerprint density at radius 2 is 2.06 bits per heavy atom. The van der Waals surface area contributed by atoms with Gasteiger partial charge in [0.25, 0.3) is 0 Å². The monoisotopic (exact) mass is 328 g/mol. The molecule has 0 atom stereocenters. The van der Waals surface area contributed by atoms with E-state index in [1.807, 2.05) is 42.5 Å². The van der Waals surface area contributed by atoms with E-state index in [1.165, 1.54) is 11.1 Å². The van der Waals surface area contributed by atoms with Crippen LogP contribution in [0.1, 0.15) is 11.1 Å². The first-order chi connectivity index (χ1) is 7.75. The average Bonchev–Trinajstić information content (AvgIpc) is 2.59. The molecular weight excluding hydrogens is 315 g/mol. The molecule has 0 aromatic carbocycles. The van der Waals surface area contributed by atoms with Gasteiger partial charge in [-0.05, 0) is 40.3 Å². The number of nitrogens with one attached hydrogen (secondary N) is 1. The number of nitrogens with zero attached hydrogens (tertiary/aromatic N) is 3. The summed E-state index contributed by atoms with van der Waals surface area (Å²) in [4.78, 5) is 3.99. The zero-order valence-corrected chi connectivity index (χ0v) is 11.2. The molecule has 2 rings (SSSR count). The van der Waals surface area contributed by atoms with Gasteiger partial charge in [-0.3, -0.25) is 9.67 Å². The van der Waals surface area contributed by atoms with E-state index in [9.17, 15) is 0 Å². The fourth-order valence-electron chi connectivity index (χ4n) is 1.47. The summed E-state index contributed by atoms with van der Waals surface area (Å²) >= 11 is 2.25.